The van der Waals surface area contributed by atoms with Gasteiger partial charge in [-0.1, -0.05) is 72.8 Å². The van der Waals surface area contributed by atoms with E-state index in [9.17, 15) is 26.4 Å². The maximum atomic E-state index is 13.0. The number of carbonyl (C=O) groups excluding carboxylic acids is 2. The molecule has 348 valence electrons. The lowest BCUT2D eigenvalue weighted by atomic mass is 10.0. The second-order valence-electron chi connectivity index (χ2n) is 19.7. The zero-order valence-electron chi connectivity index (χ0n) is 39.6. The Balaban J connectivity index is 0.000000241. The summed E-state index contributed by atoms with van der Waals surface area (Å²) < 4.78 is 59.6. The summed E-state index contributed by atoms with van der Waals surface area (Å²) in [5, 5.41) is 0. The fourth-order valence-corrected chi connectivity index (χ4v) is 9.91. The highest BCUT2D eigenvalue weighted by Gasteiger charge is 2.31. The van der Waals surface area contributed by atoms with Crippen molar-refractivity contribution in [3.8, 4) is 0 Å². The summed E-state index contributed by atoms with van der Waals surface area (Å²) in [6.45, 7) is 20.9. The predicted molar refractivity (Wildman–Crippen MR) is 257 cm³/mol. The minimum atomic E-state index is -3.19. The molecule has 4 aromatic carbocycles. The van der Waals surface area contributed by atoms with Crippen LogP contribution < -0.4 is 0 Å². The van der Waals surface area contributed by atoms with Crippen molar-refractivity contribution >= 4 is 31.5 Å². The highest BCUT2D eigenvalue weighted by molar-refractivity contribution is 7.92. The fraction of sp³-hybridized carbons (Fsp3) is 0.500. The van der Waals surface area contributed by atoms with E-state index in [0.717, 1.165) is 47.9 Å². The summed E-state index contributed by atoms with van der Waals surface area (Å²) in [4.78, 5) is 29.5. The number of amides is 2. The van der Waals surface area contributed by atoms with Crippen molar-refractivity contribution in [3.05, 3.63) is 142 Å². The summed E-state index contributed by atoms with van der Waals surface area (Å²) >= 11 is 0. The van der Waals surface area contributed by atoms with Crippen LogP contribution in [0.2, 0.25) is 0 Å². The van der Waals surface area contributed by atoms with Gasteiger partial charge < -0.3 is 19.3 Å². The van der Waals surface area contributed by atoms with Crippen LogP contribution in [0.25, 0.3) is 0 Å². The van der Waals surface area contributed by atoms with Crippen LogP contribution in [0.1, 0.15) is 123 Å². The van der Waals surface area contributed by atoms with Gasteiger partial charge in [-0.2, -0.15) is 0 Å². The SMILES string of the molecule is C[C@@H]1CN(C(=O)c2ccc(CCc3ccc(CS(=O)(=O)C(C)(C)C)cc3)cc2)C[C@H](C)O1.C[C@@H]1CN(C(=O)c2cccc(CCc3ccc(CS(=O)(=O)C(C)(C)C)cc3)c2)C[C@H](C)O1. The molecular weight excluding hydrogens is 845 g/mol. The molecule has 2 amide bonds. The van der Waals surface area contributed by atoms with E-state index in [-0.39, 0.29) is 47.7 Å². The summed E-state index contributed by atoms with van der Waals surface area (Å²) in [5.41, 5.74) is 7.65. The summed E-state index contributed by atoms with van der Waals surface area (Å²) in [6, 6.07) is 31.3. The minimum absolute atomic E-state index is 0.0484. The minimum Gasteiger partial charge on any atom is -0.372 e. The number of hydrogen-bond acceptors (Lipinski definition) is 8. The van der Waals surface area contributed by atoms with Gasteiger partial charge in [0, 0.05) is 37.3 Å². The van der Waals surface area contributed by atoms with Gasteiger partial charge in [-0.15, -0.1) is 0 Å². The third kappa shape index (κ3) is 14.3. The zero-order chi connectivity index (χ0) is 47.0. The molecule has 0 radical (unpaired) electrons. The molecule has 4 atom stereocenters. The lowest BCUT2D eigenvalue weighted by Gasteiger charge is -2.35. The number of nitrogens with zero attached hydrogens (tertiary/aromatic N) is 2. The average Bonchev–Trinajstić information content (AvgIpc) is 3.21. The van der Waals surface area contributed by atoms with Gasteiger partial charge in [0.05, 0.1) is 45.4 Å². The molecule has 6 rings (SSSR count). The molecule has 0 unspecified atom stereocenters. The molecule has 2 aliphatic heterocycles. The molecule has 10 nitrogen and oxygen atoms in total. The Bertz CT molecular complexity index is 2380. The molecule has 0 N–H and O–H groups in total. The molecule has 2 heterocycles. The van der Waals surface area contributed by atoms with Gasteiger partial charge in [-0.3, -0.25) is 9.59 Å². The summed E-state index contributed by atoms with van der Waals surface area (Å²) in [7, 11) is -6.37. The van der Waals surface area contributed by atoms with Gasteiger partial charge in [-0.05, 0) is 153 Å². The Labute approximate surface area is 383 Å². The Morgan fingerprint density at radius 3 is 1.14 bits per heavy atom. The van der Waals surface area contributed by atoms with Gasteiger partial charge in [-0.25, -0.2) is 16.8 Å². The largest absolute Gasteiger partial charge is 0.372 e. The fourth-order valence-electron chi connectivity index (χ4n) is 7.78. The lowest BCUT2D eigenvalue weighted by Crippen LogP contribution is -2.48. The van der Waals surface area contributed by atoms with Crippen LogP contribution in [0.15, 0.2) is 97.1 Å². The maximum Gasteiger partial charge on any atom is 0.254 e. The van der Waals surface area contributed by atoms with Crippen LogP contribution in [-0.4, -0.2) is 98.5 Å². The summed E-state index contributed by atoms with van der Waals surface area (Å²) in [6.07, 6.45) is 3.58. The van der Waals surface area contributed by atoms with Crippen molar-refractivity contribution in [1.29, 1.82) is 0 Å². The molecule has 2 aliphatic rings. The number of morpholine rings is 2. The first-order valence-corrected chi connectivity index (χ1v) is 25.9. The molecule has 0 saturated carbocycles. The van der Waals surface area contributed by atoms with Crippen LogP contribution >= 0.6 is 0 Å². The van der Waals surface area contributed by atoms with Crippen molar-refractivity contribution in [2.24, 2.45) is 0 Å². The topological polar surface area (TPSA) is 127 Å². The third-order valence-electron chi connectivity index (χ3n) is 11.8. The van der Waals surface area contributed by atoms with E-state index in [0.29, 0.717) is 37.3 Å². The van der Waals surface area contributed by atoms with Crippen LogP contribution in [0.4, 0.5) is 0 Å². The number of aryl methyl sites for hydroxylation is 4. The Morgan fingerprint density at radius 2 is 0.781 bits per heavy atom. The van der Waals surface area contributed by atoms with Gasteiger partial charge in [0.2, 0.25) is 0 Å². The van der Waals surface area contributed by atoms with Crippen molar-refractivity contribution in [2.45, 2.75) is 140 Å². The normalized spacial score (nSPS) is 19.7. The first-order chi connectivity index (χ1) is 29.9. The maximum absolute atomic E-state index is 13.0. The Hall–Kier alpha value is -4.36. The van der Waals surface area contributed by atoms with E-state index in [2.05, 4.69) is 0 Å². The molecule has 0 spiro atoms. The van der Waals surface area contributed by atoms with E-state index in [1.807, 2.05) is 135 Å². The molecule has 0 aliphatic carbocycles. The molecule has 4 aromatic rings. The van der Waals surface area contributed by atoms with Gasteiger partial charge in [0.25, 0.3) is 11.8 Å². The van der Waals surface area contributed by atoms with Crippen molar-refractivity contribution < 1.29 is 35.9 Å². The van der Waals surface area contributed by atoms with E-state index >= 15 is 0 Å². The second-order valence-corrected chi connectivity index (χ2v) is 25.2. The highest BCUT2D eigenvalue weighted by atomic mass is 32.2. The number of carbonyl (C=O) groups is 2. The van der Waals surface area contributed by atoms with Crippen molar-refractivity contribution in [2.75, 3.05) is 26.2 Å². The zero-order valence-corrected chi connectivity index (χ0v) is 41.2. The average molecular weight is 915 g/mol. The quantitative estimate of drug-likeness (QED) is 0.138. The van der Waals surface area contributed by atoms with Gasteiger partial charge in [0.15, 0.2) is 19.7 Å². The predicted octanol–water partition coefficient (Wildman–Crippen LogP) is 8.87. The van der Waals surface area contributed by atoms with E-state index in [1.54, 1.807) is 41.5 Å². The second kappa shape index (κ2) is 21.3. The first-order valence-electron chi connectivity index (χ1n) is 22.6. The molecule has 2 fully saturated rings. The molecule has 64 heavy (non-hydrogen) atoms. The molecular formula is C52H70N2O8S2. The monoisotopic (exact) mass is 914 g/mol. The Kier molecular flexibility index (Phi) is 16.9. The molecule has 12 heteroatoms. The van der Waals surface area contributed by atoms with Crippen LogP contribution in [0, 0.1) is 0 Å². The first kappa shape index (κ1) is 50.6. The number of hydrogen-bond donors (Lipinski definition) is 0. The summed E-state index contributed by atoms with van der Waals surface area (Å²) in [5.74, 6) is 0.227. The highest BCUT2D eigenvalue weighted by Crippen LogP contribution is 2.24. The van der Waals surface area contributed by atoms with Crippen molar-refractivity contribution in [1.82, 2.24) is 9.80 Å². The van der Waals surface area contributed by atoms with Gasteiger partial charge >= 0.3 is 0 Å². The third-order valence-corrected chi connectivity index (χ3v) is 17.0. The molecule has 2 saturated heterocycles. The smallest absolute Gasteiger partial charge is 0.254 e. The van der Waals surface area contributed by atoms with E-state index in [4.69, 9.17) is 9.47 Å². The van der Waals surface area contributed by atoms with E-state index < -0.39 is 29.2 Å². The molecule has 0 aromatic heterocycles. The van der Waals surface area contributed by atoms with Crippen LogP contribution in [-0.2, 0) is 66.3 Å². The van der Waals surface area contributed by atoms with E-state index in [1.165, 1.54) is 11.1 Å². The number of benzene rings is 4. The number of ether oxygens (including phenoxy) is 2. The van der Waals surface area contributed by atoms with Crippen LogP contribution in [0.3, 0.4) is 0 Å². The standard InChI is InChI=1S/2C26H35NO4S/c1-19-16-27(17-20(2)31-19)25(28)24-14-12-22(13-15-24)7-6-21-8-10-23(11-9-21)18-32(29,30)26(3,4)5;1-19-16-27(17-20(2)31-19)25(28)24-8-6-7-22(15-24)12-9-21-10-13-23(14-11-21)18-32(29,30)26(3,4)5/h8-15,19-20H,6-7,16-18H2,1-5H3;6-8,10-11,13-15,19-20H,9,12,16-18H2,1-5H3/t2*19-,20+. The van der Waals surface area contributed by atoms with Crippen molar-refractivity contribution in [3.63, 3.8) is 0 Å². The Morgan fingerprint density at radius 1 is 0.469 bits per heavy atom. The molecule has 0 bridgehead atoms. The number of sulfone groups is 2. The van der Waals surface area contributed by atoms with Crippen LogP contribution in [0.5, 0.6) is 0 Å². The lowest BCUT2D eigenvalue weighted by molar-refractivity contribution is -0.0586. The number of rotatable bonds is 12. The van der Waals surface area contributed by atoms with Gasteiger partial charge in [0.1, 0.15) is 0 Å².